The fraction of sp³-hybridized carbons (Fsp3) is 0.471. The zero-order chi connectivity index (χ0) is 18.4. The lowest BCUT2D eigenvalue weighted by atomic mass is 10.0. The third kappa shape index (κ3) is 3.03. The van der Waals surface area contributed by atoms with E-state index in [1.165, 1.54) is 17.7 Å². The summed E-state index contributed by atoms with van der Waals surface area (Å²) >= 11 is 0. The quantitative estimate of drug-likeness (QED) is 0.829. The summed E-state index contributed by atoms with van der Waals surface area (Å²) in [4.78, 5) is 1.84. The first-order valence-corrected chi connectivity index (χ1v) is 9.67. The highest BCUT2D eigenvalue weighted by atomic mass is 32.2. The molecule has 0 bridgehead atoms. The molecule has 1 aromatic heterocycles. The molecule has 0 aliphatic carbocycles. The summed E-state index contributed by atoms with van der Waals surface area (Å²) in [6, 6.07) is 5.89. The van der Waals surface area contributed by atoms with Gasteiger partial charge in [-0.1, -0.05) is 0 Å². The fourth-order valence-corrected chi connectivity index (χ4v) is 4.30. The van der Waals surface area contributed by atoms with Crippen LogP contribution in [0.2, 0.25) is 0 Å². The Morgan fingerprint density at radius 1 is 1.20 bits per heavy atom. The highest BCUT2D eigenvalue weighted by Gasteiger charge is 2.31. The highest BCUT2D eigenvalue weighted by molar-refractivity contribution is 7.91. The Kier molecular flexibility index (Phi) is 4.57. The van der Waals surface area contributed by atoms with Gasteiger partial charge in [-0.25, -0.2) is 8.42 Å². The summed E-state index contributed by atoms with van der Waals surface area (Å²) in [5.41, 5.74) is 4.10. The zero-order valence-electron chi connectivity index (χ0n) is 14.4. The molecule has 0 radical (unpaired) electrons. The van der Waals surface area contributed by atoms with E-state index in [0.717, 1.165) is 36.5 Å². The van der Waals surface area contributed by atoms with Crippen LogP contribution in [0.25, 0.3) is 0 Å². The Morgan fingerprint density at radius 2 is 1.84 bits per heavy atom. The largest absolute Gasteiger partial charge is 0.364 e. The molecule has 0 saturated carbocycles. The second-order valence-corrected chi connectivity index (χ2v) is 8.28. The molecule has 0 spiro atoms. The van der Waals surface area contributed by atoms with E-state index >= 15 is 0 Å². The molecule has 1 aliphatic heterocycles. The molecule has 0 amide bonds. The molecule has 1 aromatic carbocycles. The molecule has 25 heavy (non-hydrogen) atoms. The third-order valence-electron chi connectivity index (χ3n) is 4.88. The minimum atomic E-state index is -4.56. The maximum Gasteiger partial charge on any atom is 0.341 e. The highest BCUT2D eigenvalue weighted by Crippen LogP contribution is 2.39. The van der Waals surface area contributed by atoms with Crippen molar-refractivity contribution in [3.8, 4) is 0 Å². The van der Waals surface area contributed by atoms with Gasteiger partial charge in [-0.2, -0.15) is 13.9 Å². The predicted octanol–water partition coefficient (Wildman–Crippen LogP) is 3.37. The van der Waals surface area contributed by atoms with Gasteiger partial charge in [-0.05, 0) is 51.0 Å². The van der Waals surface area contributed by atoms with Gasteiger partial charge < -0.3 is 4.90 Å². The molecule has 0 N–H and O–H groups in total. The number of rotatable bonds is 4. The number of sulfone groups is 1. The van der Waals surface area contributed by atoms with Crippen LogP contribution in [0.4, 0.5) is 14.5 Å². The summed E-state index contributed by atoms with van der Waals surface area (Å²) in [6.45, 7) is 4.85. The Bertz CT molecular complexity index is 876. The van der Waals surface area contributed by atoms with E-state index in [-0.39, 0.29) is 10.9 Å². The molecule has 1 unspecified atom stereocenters. The van der Waals surface area contributed by atoms with Crippen molar-refractivity contribution in [1.29, 1.82) is 0 Å². The monoisotopic (exact) mass is 369 g/mol. The predicted molar refractivity (Wildman–Crippen MR) is 91.6 cm³/mol. The van der Waals surface area contributed by atoms with Crippen molar-refractivity contribution in [2.24, 2.45) is 7.05 Å². The third-order valence-corrected chi connectivity index (χ3v) is 6.28. The average Bonchev–Trinajstić information content (AvgIpc) is 3.12. The molecule has 1 aliphatic rings. The number of hydrogen-bond acceptors (Lipinski definition) is 4. The second kappa shape index (κ2) is 6.40. The number of aromatic nitrogens is 2. The van der Waals surface area contributed by atoms with Crippen molar-refractivity contribution in [2.45, 2.75) is 43.4 Å². The van der Waals surface area contributed by atoms with Crippen LogP contribution in [-0.4, -0.2) is 30.5 Å². The van der Waals surface area contributed by atoms with Gasteiger partial charge in [0.1, 0.15) is 0 Å². The summed E-state index contributed by atoms with van der Waals surface area (Å²) in [6.07, 6.45) is 1.99. The zero-order valence-corrected chi connectivity index (χ0v) is 15.2. The SMILES string of the molecule is Cc1nn(C)c(C)c1C1CCCN1c1ccc(S(=O)(=O)C(F)F)cc1. The average molecular weight is 369 g/mol. The van der Waals surface area contributed by atoms with Gasteiger partial charge in [0.2, 0.25) is 9.84 Å². The number of halogens is 2. The van der Waals surface area contributed by atoms with Gasteiger partial charge in [0.15, 0.2) is 0 Å². The Morgan fingerprint density at radius 3 is 2.36 bits per heavy atom. The number of aryl methyl sites for hydroxylation is 2. The summed E-state index contributed by atoms with van der Waals surface area (Å²) in [5.74, 6) is -3.40. The molecule has 1 fully saturated rings. The number of nitrogens with zero attached hydrogens (tertiary/aromatic N) is 3. The van der Waals surface area contributed by atoms with E-state index in [4.69, 9.17) is 0 Å². The Hall–Kier alpha value is -1.96. The Labute approximate surface area is 146 Å². The van der Waals surface area contributed by atoms with Gasteiger partial charge in [-0.3, -0.25) is 4.68 Å². The van der Waals surface area contributed by atoms with Crippen LogP contribution in [0.1, 0.15) is 35.8 Å². The lowest BCUT2D eigenvalue weighted by Crippen LogP contribution is -2.23. The molecule has 2 aromatic rings. The minimum absolute atomic E-state index is 0.159. The topological polar surface area (TPSA) is 55.2 Å². The van der Waals surface area contributed by atoms with Crippen molar-refractivity contribution in [2.75, 3.05) is 11.4 Å². The lowest BCUT2D eigenvalue weighted by molar-refractivity contribution is 0.234. The molecule has 1 saturated heterocycles. The lowest BCUT2D eigenvalue weighted by Gasteiger charge is -2.27. The van der Waals surface area contributed by atoms with Gasteiger partial charge in [-0.15, -0.1) is 0 Å². The van der Waals surface area contributed by atoms with Crippen LogP contribution in [0, 0.1) is 13.8 Å². The molecule has 136 valence electrons. The summed E-state index contributed by atoms with van der Waals surface area (Å²) in [7, 11) is -2.65. The summed E-state index contributed by atoms with van der Waals surface area (Å²) in [5, 5.41) is 4.48. The molecule has 8 heteroatoms. The van der Waals surface area contributed by atoms with E-state index < -0.39 is 15.6 Å². The van der Waals surface area contributed by atoms with Crippen molar-refractivity contribution in [1.82, 2.24) is 9.78 Å². The molecular formula is C17H21F2N3O2S. The van der Waals surface area contributed by atoms with Crippen LogP contribution in [0.3, 0.4) is 0 Å². The van der Waals surface area contributed by atoms with Crippen LogP contribution >= 0.6 is 0 Å². The van der Waals surface area contributed by atoms with Gasteiger partial charge in [0, 0.05) is 30.5 Å². The fourth-order valence-electron chi connectivity index (χ4n) is 3.58. The molecule has 3 rings (SSSR count). The Balaban J connectivity index is 1.93. The van der Waals surface area contributed by atoms with E-state index in [1.807, 2.05) is 25.6 Å². The van der Waals surface area contributed by atoms with E-state index in [9.17, 15) is 17.2 Å². The molecule has 5 nitrogen and oxygen atoms in total. The number of benzene rings is 1. The first-order valence-electron chi connectivity index (χ1n) is 8.12. The summed E-state index contributed by atoms with van der Waals surface area (Å²) < 4.78 is 50.3. The van der Waals surface area contributed by atoms with Crippen LogP contribution in [0.15, 0.2) is 29.2 Å². The van der Waals surface area contributed by atoms with E-state index in [2.05, 4.69) is 10.00 Å². The van der Waals surface area contributed by atoms with E-state index in [1.54, 1.807) is 12.1 Å². The van der Waals surface area contributed by atoms with Crippen LogP contribution < -0.4 is 4.90 Å². The van der Waals surface area contributed by atoms with Crippen molar-refractivity contribution in [3.63, 3.8) is 0 Å². The first-order chi connectivity index (χ1) is 11.7. The minimum Gasteiger partial charge on any atom is -0.364 e. The number of alkyl halides is 2. The standard InChI is InChI=1S/C17H21F2N3O2S/c1-11-16(12(2)21(3)20-11)15-5-4-10-22(15)13-6-8-14(9-7-13)25(23,24)17(18)19/h6-9,15,17H,4-5,10H2,1-3H3. The maximum absolute atomic E-state index is 12.7. The smallest absolute Gasteiger partial charge is 0.341 e. The molecule has 2 heterocycles. The van der Waals surface area contributed by atoms with E-state index in [0.29, 0.717) is 0 Å². The van der Waals surface area contributed by atoms with Gasteiger partial charge in [0.05, 0.1) is 16.6 Å². The first kappa shape index (κ1) is 17.8. The number of hydrogen-bond donors (Lipinski definition) is 0. The number of anilines is 1. The van der Waals surface area contributed by atoms with Crippen molar-refractivity contribution < 1.29 is 17.2 Å². The molecular weight excluding hydrogens is 348 g/mol. The van der Waals surface area contributed by atoms with Crippen molar-refractivity contribution in [3.05, 3.63) is 41.2 Å². The van der Waals surface area contributed by atoms with Crippen molar-refractivity contribution >= 4 is 15.5 Å². The maximum atomic E-state index is 12.7. The van der Waals surface area contributed by atoms with Gasteiger partial charge >= 0.3 is 5.76 Å². The molecule has 1 atom stereocenters. The second-order valence-electron chi connectivity index (χ2n) is 6.36. The van der Waals surface area contributed by atoms with Crippen LogP contribution in [0.5, 0.6) is 0 Å². The normalized spacial score (nSPS) is 18.3. The van der Waals surface area contributed by atoms with Crippen LogP contribution in [-0.2, 0) is 16.9 Å². The van der Waals surface area contributed by atoms with Gasteiger partial charge in [0.25, 0.3) is 0 Å².